The van der Waals surface area contributed by atoms with Crippen LogP contribution in [0.2, 0.25) is 0 Å². The molecule has 6 heteroatoms. The number of carboxylic acids is 1. The first-order chi connectivity index (χ1) is 11.9. The molecule has 136 valence electrons. The fourth-order valence-corrected chi connectivity index (χ4v) is 3.15. The van der Waals surface area contributed by atoms with Crippen LogP contribution in [0.25, 0.3) is 0 Å². The van der Waals surface area contributed by atoms with Crippen molar-refractivity contribution in [2.45, 2.75) is 20.3 Å². The highest BCUT2D eigenvalue weighted by Gasteiger charge is 2.48. The molecule has 1 atom stereocenters. The van der Waals surface area contributed by atoms with Gasteiger partial charge in [-0.1, -0.05) is 26.5 Å². The van der Waals surface area contributed by atoms with E-state index < -0.39 is 11.4 Å². The van der Waals surface area contributed by atoms with Gasteiger partial charge in [-0.2, -0.15) is 0 Å². The second-order valence-corrected chi connectivity index (χ2v) is 6.56. The number of carboxylic acid groups (broad SMARTS) is 1. The number of amides is 1. The van der Waals surface area contributed by atoms with E-state index >= 15 is 0 Å². The van der Waals surface area contributed by atoms with Crippen LogP contribution in [-0.4, -0.2) is 48.7 Å². The van der Waals surface area contributed by atoms with Gasteiger partial charge in [0.05, 0.1) is 12.5 Å². The molecular formula is C19H25NO5. The number of carbonyl (C=O) groups excluding carboxylic acids is 1. The van der Waals surface area contributed by atoms with Crippen LogP contribution in [0, 0.1) is 11.3 Å². The molecule has 1 heterocycles. The fourth-order valence-electron chi connectivity index (χ4n) is 3.15. The number of aliphatic carboxylic acids is 1. The molecule has 0 bridgehead atoms. The lowest BCUT2D eigenvalue weighted by Crippen LogP contribution is -2.40. The highest BCUT2D eigenvalue weighted by Crippen LogP contribution is 2.39. The third kappa shape index (κ3) is 3.62. The van der Waals surface area contributed by atoms with Crippen LogP contribution in [0.3, 0.4) is 0 Å². The summed E-state index contributed by atoms with van der Waals surface area (Å²) in [4.78, 5) is 26.1. The summed E-state index contributed by atoms with van der Waals surface area (Å²) in [5.74, 6) is -0.101. The van der Waals surface area contributed by atoms with Crippen LogP contribution in [-0.2, 0) is 4.79 Å². The molecule has 0 spiro atoms. The van der Waals surface area contributed by atoms with Crippen molar-refractivity contribution in [2.75, 3.05) is 26.8 Å². The van der Waals surface area contributed by atoms with E-state index in [2.05, 4.69) is 6.58 Å². The monoisotopic (exact) mass is 347 g/mol. The van der Waals surface area contributed by atoms with Crippen molar-refractivity contribution < 1.29 is 24.2 Å². The van der Waals surface area contributed by atoms with E-state index in [0.29, 0.717) is 36.6 Å². The lowest BCUT2D eigenvalue weighted by molar-refractivity contribution is -0.150. The maximum atomic E-state index is 12.8. The Bertz CT molecular complexity index is 670. The van der Waals surface area contributed by atoms with Gasteiger partial charge in [-0.3, -0.25) is 9.59 Å². The summed E-state index contributed by atoms with van der Waals surface area (Å²) in [7, 11) is 1.51. The Morgan fingerprint density at radius 3 is 2.64 bits per heavy atom. The first kappa shape index (κ1) is 18.8. The smallest absolute Gasteiger partial charge is 0.311 e. The minimum atomic E-state index is -0.882. The summed E-state index contributed by atoms with van der Waals surface area (Å²) < 4.78 is 10.8. The Morgan fingerprint density at radius 2 is 2.12 bits per heavy atom. The summed E-state index contributed by atoms with van der Waals surface area (Å²) in [5.41, 5.74) is -0.431. The number of methoxy groups -OCH3 is 1. The molecule has 1 amide bonds. The van der Waals surface area contributed by atoms with Crippen molar-refractivity contribution in [3.63, 3.8) is 0 Å². The van der Waals surface area contributed by atoms with Gasteiger partial charge in [-0.15, -0.1) is 0 Å². The fraction of sp³-hybridized carbons (Fsp3) is 0.474. The maximum absolute atomic E-state index is 12.8. The number of hydrogen-bond donors (Lipinski definition) is 1. The number of carbonyl (C=O) groups is 2. The van der Waals surface area contributed by atoms with E-state index in [1.807, 2.05) is 13.8 Å². The van der Waals surface area contributed by atoms with Crippen LogP contribution in [0.4, 0.5) is 0 Å². The number of ether oxygens (including phenoxy) is 2. The lowest BCUT2D eigenvalue weighted by Gasteiger charge is -2.28. The van der Waals surface area contributed by atoms with E-state index in [0.717, 1.165) is 0 Å². The first-order valence-corrected chi connectivity index (χ1v) is 8.30. The van der Waals surface area contributed by atoms with Gasteiger partial charge in [0.15, 0.2) is 11.5 Å². The first-order valence-electron chi connectivity index (χ1n) is 8.30. The summed E-state index contributed by atoms with van der Waals surface area (Å²) in [6.07, 6.45) is 2.09. The average molecular weight is 347 g/mol. The van der Waals surface area contributed by atoms with Crippen LogP contribution < -0.4 is 9.47 Å². The molecule has 1 unspecified atom stereocenters. The van der Waals surface area contributed by atoms with Gasteiger partial charge in [-0.25, -0.2) is 0 Å². The van der Waals surface area contributed by atoms with Gasteiger partial charge < -0.3 is 19.5 Å². The van der Waals surface area contributed by atoms with Gasteiger partial charge >= 0.3 is 5.97 Å². The van der Waals surface area contributed by atoms with Crippen LogP contribution >= 0.6 is 0 Å². The Labute approximate surface area is 148 Å². The third-order valence-electron chi connectivity index (χ3n) is 4.89. The number of nitrogens with zero attached hydrogens (tertiary/aromatic N) is 1. The van der Waals surface area contributed by atoms with E-state index in [-0.39, 0.29) is 18.4 Å². The van der Waals surface area contributed by atoms with Crippen LogP contribution in [0.5, 0.6) is 11.5 Å². The van der Waals surface area contributed by atoms with Gasteiger partial charge in [0.2, 0.25) is 0 Å². The zero-order valence-corrected chi connectivity index (χ0v) is 14.9. The predicted octanol–water partition coefficient (Wildman–Crippen LogP) is 2.83. The summed E-state index contributed by atoms with van der Waals surface area (Å²) in [6, 6.07) is 4.97. The number of hydrogen-bond acceptors (Lipinski definition) is 4. The van der Waals surface area contributed by atoms with Crippen molar-refractivity contribution in [1.29, 1.82) is 0 Å². The molecule has 2 rings (SSSR count). The Balaban J connectivity index is 2.21. The molecule has 1 aromatic carbocycles. The highest BCUT2D eigenvalue weighted by atomic mass is 16.5. The second-order valence-electron chi connectivity index (χ2n) is 6.56. The van der Waals surface area contributed by atoms with Crippen molar-refractivity contribution in [3.8, 4) is 11.5 Å². The van der Waals surface area contributed by atoms with Crippen LogP contribution in [0.15, 0.2) is 30.9 Å². The summed E-state index contributed by atoms with van der Waals surface area (Å²) >= 11 is 0. The molecule has 0 aliphatic carbocycles. The third-order valence-corrected chi connectivity index (χ3v) is 4.89. The molecule has 0 saturated carbocycles. The molecule has 1 aromatic rings. The van der Waals surface area contributed by atoms with E-state index in [9.17, 15) is 14.7 Å². The normalized spacial score (nSPS) is 19.8. The summed E-state index contributed by atoms with van der Waals surface area (Å²) in [5, 5.41) is 9.62. The average Bonchev–Trinajstić information content (AvgIpc) is 3.06. The lowest BCUT2D eigenvalue weighted by atomic mass is 9.76. The van der Waals surface area contributed by atoms with Crippen molar-refractivity contribution >= 4 is 11.9 Å². The minimum absolute atomic E-state index is 0.0491. The Hall–Kier alpha value is -2.50. The quantitative estimate of drug-likeness (QED) is 0.768. The highest BCUT2D eigenvalue weighted by molar-refractivity contribution is 5.95. The van der Waals surface area contributed by atoms with Gasteiger partial charge in [0.1, 0.15) is 6.61 Å². The molecule has 6 nitrogen and oxygen atoms in total. The number of benzene rings is 1. The largest absolute Gasteiger partial charge is 0.493 e. The van der Waals surface area contributed by atoms with E-state index in [4.69, 9.17) is 9.47 Å². The number of likely N-dealkylation sites (tertiary alicyclic amines) is 1. The number of rotatable bonds is 7. The van der Waals surface area contributed by atoms with Crippen molar-refractivity contribution in [3.05, 3.63) is 36.4 Å². The molecule has 1 aliphatic rings. The van der Waals surface area contributed by atoms with Gasteiger partial charge in [0, 0.05) is 18.7 Å². The van der Waals surface area contributed by atoms with Crippen LogP contribution in [0.1, 0.15) is 30.6 Å². The van der Waals surface area contributed by atoms with Crippen molar-refractivity contribution in [2.24, 2.45) is 11.3 Å². The predicted molar refractivity (Wildman–Crippen MR) is 94.1 cm³/mol. The van der Waals surface area contributed by atoms with Gasteiger partial charge in [-0.05, 0) is 30.5 Å². The SMILES string of the molecule is C=CCOc1ccc(C(=O)N2CCC(C(=O)O)(C(C)C)C2)cc1OC. The molecule has 0 radical (unpaired) electrons. The topological polar surface area (TPSA) is 76.1 Å². The van der Waals surface area contributed by atoms with Crippen molar-refractivity contribution in [1.82, 2.24) is 4.90 Å². The Kier molecular flexibility index (Phi) is 5.72. The second kappa shape index (κ2) is 7.59. The molecule has 25 heavy (non-hydrogen) atoms. The standard InChI is InChI=1S/C19H25NO5/c1-5-10-25-15-7-6-14(11-16(15)24-4)17(21)20-9-8-19(12-20,13(2)3)18(22)23/h5-7,11,13H,1,8-10,12H2,2-4H3,(H,22,23). The molecule has 1 aliphatic heterocycles. The molecule has 1 fully saturated rings. The van der Waals surface area contributed by atoms with E-state index in [1.165, 1.54) is 7.11 Å². The molecular weight excluding hydrogens is 322 g/mol. The zero-order valence-electron chi connectivity index (χ0n) is 14.9. The molecule has 1 saturated heterocycles. The van der Waals surface area contributed by atoms with Gasteiger partial charge in [0.25, 0.3) is 5.91 Å². The summed E-state index contributed by atoms with van der Waals surface area (Å²) in [6.45, 7) is 8.36. The molecule has 1 N–H and O–H groups in total. The zero-order chi connectivity index (χ0) is 18.6. The molecule has 0 aromatic heterocycles. The Morgan fingerprint density at radius 1 is 1.40 bits per heavy atom. The maximum Gasteiger partial charge on any atom is 0.311 e. The minimum Gasteiger partial charge on any atom is -0.493 e. The van der Waals surface area contributed by atoms with E-state index in [1.54, 1.807) is 29.2 Å².